The molecule has 1 saturated heterocycles. The lowest BCUT2D eigenvalue weighted by atomic mass is 10.0. The van der Waals surface area contributed by atoms with Crippen molar-refractivity contribution < 1.29 is 9.90 Å². The van der Waals surface area contributed by atoms with Gasteiger partial charge in [-0.2, -0.15) is 4.37 Å². The molecule has 2 rings (SSSR count). The molecule has 17 heavy (non-hydrogen) atoms. The average molecular weight is 255 g/mol. The van der Waals surface area contributed by atoms with E-state index >= 15 is 0 Å². The minimum atomic E-state index is -0.701. The van der Waals surface area contributed by atoms with Crippen LogP contribution in [0.3, 0.4) is 0 Å². The molecule has 1 fully saturated rings. The first kappa shape index (κ1) is 12.3. The fraction of sp³-hybridized carbons (Fsp3) is 0.727. The van der Waals surface area contributed by atoms with Crippen LogP contribution in [0.25, 0.3) is 0 Å². The number of carboxylic acids is 1. The number of carbonyl (C=O) groups is 1. The van der Waals surface area contributed by atoms with Crippen LogP contribution in [-0.2, 0) is 11.2 Å². The van der Waals surface area contributed by atoms with Crippen LogP contribution < -0.4 is 4.90 Å². The van der Waals surface area contributed by atoms with Gasteiger partial charge in [0.05, 0.1) is 0 Å². The maximum Gasteiger partial charge on any atom is 0.303 e. The first-order chi connectivity index (χ1) is 8.19. The van der Waals surface area contributed by atoms with Crippen LogP contribution in [0.15, 0.2) is 0 Å². The Morgan fingerprint density at radius 3 is 3.12 bits per heavy atom. The van der Waals surface area contributed by atoms with Gasteiger partial charge in [-0.25, -0.2) is 4.98 Å². The van der Waals surface area contributed by atoms with Gasteiger partial charge in [0.1, 0.15) is 5.82 Å². The minimum absolute atomic E-state index is 0.273. The van der Waals surface area contributed by atoms with E-state index in [4.69, 9.17) is 5.11 Å². The van der Waals surface area contributed by atoms with Gasteiger partial charge in [-0.05, 0) is 18.8 Å². The van der Waals surface area contributed by atoms with Gasteiger partial charge in [-0.1, -0.05) is 6.92 Å². The third kappa shape index (κ3) is 3.15. The predicted molar refractivity (Wildman–Crippen MR) is 66.5 cm³/mol. The topological polar surface area (TPSA) is 66.3 Å². The highest BCUT2D eigenvalue weighted by Gasteiger charge is 2.25. The summed E-state index contributed by atoms with van der Waals surface area (Å²) in [6, 6.07) is 0. The molecule has 0 bridgehead atoms. The van der Waals surface area contributed by atoms with Crippen molar-refractivity contribution in [2.45, 2.75) is 32.6 Å². The SMILES string of the molecule is CCc1nsc(N2CCC(CCC(=O)O)C2)n1. The number of hydrogen-bond acceptors (Lipinski definition) is 5. The molecule has 6 heteroatoms. The van der Waals surface area contributed by atoms with Crippen LogP contribution in [-0.4, -0.2) is 33.5 Å². The van der Waals surface area contributed by atoms with E-state index < -0.39 is 5.97 Å². The molecule has 1 aromatic rings. The lowest BCUT2D eigenvalue weighted by Gasteiger charge is -2.13. The number of carboxylic acid groups (broad SMARTS) is 1. The predicted octanol–water partition coefficient (Wildman–Crippen LogP) is 1.79. The Balaban J connectivity index is 1.86. The number of aryl methyl sites for hydroxylation is 1. The average Bonchev–Trinajstić information content (AvgIpc) is 2.94. The number of hydrogen-bond donors (Lipinski definition) is 1. The molecule has 1 N–H and O–H groups in total. The molecule has 1 aliphatic rings. The number of nitrogens with zero attached hydrogens (tertiary/aromatic N) is 3. The van der Waals surface area contributed by atoms with E-state index in [1.54, 1.807) is 0 Å². The van der Waals surface area contributed by atoms with Gasteiger partial charge in [0.25, 0.3) is 0 Å². The summed E-state index contributed by atoms with van der Waals surface area (Å²) >= 11 is 1.45. The van der Waals surface area contributed by atoms with Gasteiger partial charge in [0.2, 0.25) is 5.13 Å². The summed E-state index contributed by atoms with van der Waals surface area (Å²) in [5, 5.41) is 9.64. The Hall–Kier alpha value is -1.17. The van der Waals surface area contributed by atoms with Gasteiger partial charge >= 0.3 is 5.97 Å². The number of aliphatic carboxylic acids is 1. The smallest absolute Gasteiger partial charge is 0.303 e. The van der Waals surface area contributed by atoms with Gasteiger partial charge in [-0.15, -0.1) is 0 Å². The maximum atomic E-state index is 10.5. The summed E-state index contributed by atoms with van der Waals surface area (Å²) in [5.41, 5.74) is 0. The van der Waals surface area contributed by atoms with Crippen LogP contribution in [0.1, 0.15) is 32.0 Å². The Labute approximate surface area is 105 Å². The first-order valence-electron chi connectivity index (χ1n) is 5.98. The summed E-state index contributed by atoms with van der Waals surface area (Å²) in [4.78, 5) is 17.2. The highest BCUT2D eigenvalue weighted by atomic mass is 32.1. The largest absolute Gasteiger partial charge is 0.481 e. The van der Waals surface area contributed by atoms with Crippen molar-refractivity contribution in [1.82, 2.24) is 9.36 Å². The minimum Gasteiger partial charge on any atom is -0.481 e. The van der Waals surface area contributed by atoms with E-state index in [-0.39, 0.29) is 6.42 Å². The van der Waals surface area contributed by atoms with Gasteiger partial charge in [-0.3, -0.25) is 4.79 Å². The summed E-state index contributed by atoms with van der Waals surface area (Å²) < 4.78 is 4.27. The fourth-order valence-corrected chi connectivity index (χ4v) is 2.87. The van der Waals surface area contributed by atoms with Crippen molar-refractivity contribution in [3.8, 4) is 0 Å². The second kappa shape index (κ2) is 5.44. The molecular formula is C11H17N3O2S. The molecule has 0 saturated carbocycles. The van der Waals surface area contributed by atoms with Crippen LogP contribution in [0.4, 0.5) is 5.13 Å². The molecule has 1 aromatic heterocycles. The summed E-state index contributed by atoms with van der Waals surface area (Å²) in [5.74, 6) is 0.687. The molecule has 5 nitrogen and oxygen atoms in total. The zero-order valence-corrected chi connectivity index (χ0v) is 10.7. The standard InChI is InChI=1S/C11H17N3O2S/c1-2-9-12-11(17-13-9)14-6-5-8(7-14)3-4-10(15)16/h8H,2-7H2,1H3,(H,15,16). The van der Waals surface area contributed by atoms with E-state index in [1.165, 1.54) is 11.5 Å². The fourth-order valence-electron chi connectivity index (χ4n) is 2.09. The third-order valence-electron chi connectivity index (χ3n) is 3.10. The van der Waals surface area contributed by atoms with Crippen molar-refractivity contribution in [3.05, 3.63) is 5.82 Å². The lowest BCUT2D eigenvalue weighted by Crippen LogP contribution is -2.19. The van der Waals surface area contributed by atoms with Gasteiger partial charge in [0.15, 0.2) is 0 Å². The van der Waals surface area contributed by atoms with Crippen LogP contribution in [0, 0.1) is 5.92 Å². The van der Waals surface area contributed by atoms with E-state index in [0.29, 0.717) is 5.92 Å². The second-order valence-electron chi connectivity index (χ2n) is 4.38. The Morgan fingerprint density at radius 2 is 2.47 bits per heavy atom. The normalized spacial score (nSPS) is 19.8. The van der Waals surface area contributed by atoms with Crippen molar-refractivity contribution in [2.75, 3.05) is 18.0 Å². The Bertz CT molecular complexity index is 394. The monoisotopic (exact) mass is 255 g/mol. The molecule has 0 spiro atoms. The van der Waals surface area contributed by atoms with E-state index in [1.807, 2.05) is 6.92 Å². The quantitative estimate of drug-likeness (QED) is 0.869. The van der Waals surface area contributed by atoms with Crippen LogP contribution in [0.2, 0.25) is 0 Å². The van der Waals surface area contributed by atoms with E-state index in [0.717, 1.165) is 43.3 Å². The summed E-state index contributed by atoms with van der Waals surface area (Å²) in [6.45, 7) is 3.94. The summed E-state index contributed by atoms with van der Waals surface area (Å²) in [6.07, 6.45) is 2.97. The molecular weight excluding hydrogens is 238 g/mol. The molecule has 0 aromatic carbocycles. The van der Waals surface area contributed by atoms with Crippen molar-refractivity contribution in [2.24, 2.45) is 5.92 Å². The van der Waals surface area contributed by atoms with E-state index in [2.05, 4.69) is 14.3 Å². The highest BCUT2D eigenvalue weighted by molar-refractivity contribution is 7.09. The number of anilines is 1. The molecule has 1 atom stereocenters. The molecule has 0 aliphatic carbocycles. The molecule has 0 radical (unpaired) electrons. The van der Waals surface area contributed by atoms with Crippen LogP contribution >= 0.6 is 11.5 Å². The maximum absolute atomic E-state index is 10.5. The molecule has 0 amide bonds. The van der Waals surface area contributed by atoms with Gasteiger partial charge in [0, 0.05) is 37.5 Å². The number of rotatable bonds is 5. The molecule has 1 unspecified atom stereocenters. The molecule has 94 valence electrons. The van der Waals surface area contributed by atoms with Crippen molar-refractivity contribution >= 4 is 22.6 Å². The van der Waals surface area contributed by atoms with Gasteiger partial charge < -0.3 is 10.0 Å². The van der Waals surface area contributed by atoms with E-state index in [9.17, 15) is 4.79 Å². The highest BCUT2D eigenvalue weighted by Crippen LogP contribution is 2.27. The van der Waals surface area contributed by atoms with Crippen molar-refractivity contribution in [1.29, 1.82) is 0 Å². The zero-order chi connectivity index (χ0) is 12.3. The molecule has 2 heterocycles. The molecule has 1 aliphatic heterocycles. The Morgan fingerprint density at radius 1 is 1.65 bits per heavy atom. The Kier molecular flexibility index (Phi) is 3.93. The zero-order valence-electron chi connectivity index (χ0n) is 9.93. The third-order valence-corrected chi connectivity index (χ3v) is 3.91. The van der Waals surface area contributed by atoms with Crippen LogP contribution in [0.5, 0.6) is 0 Å². The number of aromatic nitrogens is 2. The van der Waals surface area contributed by atoms with Crippen molar-refractivity contribution in [3.63, 3.8) is 0 Å². The first-order valence-corrected chi connectivity index (χ1v) is 6.75. The summed E-state index contributed by atoms with van der Waals surface area (Å²) in [7, 11) is 0. The lowest BCUT2D eigenvalue weighted by molar-refractivity contribution is -0.137. The second-order valence-corrected chi connectivity index (χ2v) is 5.11.